The van der Waals surface area contributed by atoms with Crippen molar-refractivity contribution in [1.29, 1.82) is 0 Å². The third-order valence-corrected chi connectivity index (χ3v) is 5.68. The number of hydrogen-bond donors (Lipinski definition) is 1. The summed E-state index contributed by atoms with van der Waals surface area (Å²) in [6, 6.07) is 8.03. The zero-order valence-corrected chi connectivity index (χ0v) is 15.4. The summed E-state index contributed by atoms with van der Waals surface area (Å²) >= 11 is 1.08. The molecule has 0 aromatic heterocycles. The van der Waals surface area contributed by atoms with Crippen LogP contribution in [0.3, 0.4) is 0 Å². The zero-order chi connectivity index (χ0) is 19.9. The number of amides is 1. The van der Waals surface area contributed by atoms with E-state index in [1.807, 2.05) is 16.4 Å². The molecule has 0 bridgehead atoms. The minimum absolute atomic E-state index is 0.102. The maximum Gasteiger partial charge on any atom is 0.416 e. The number of alkyl halides is 3. The molecule has 1 unspecified atom stereocenters. The Kier molecular flexibility index (Phi) is 5.07. The summed E-state index contributed by atoms with van der Waals surface area (Å²) < 4.78 is 60.0. The van der Waals surface area contributed by atoms with Gasteiger partial charge in [0.05, 0.1) is 18.3 Å². The third kappa shape index (κ3) is 4.01. The molecule has 1 amide bonds. The molecule has 2 aromatic rings. The zero-order valence-electron chi connectivity index (χ0n) is 14.6. The molecule has 2 aliphatic heterocycles. The first-order chi connectivity index (χ1) is 13.3. The summed E-state index contributed by atoms with van der Waals surface area (Å²) in [6.45, 7) is 1.80. The standard InChI is InChI=1S/C19H16F4N2O2S/c20-14-6-13(19(21,22)23)7-15(8-14)28-25-3-4-27-17(10-25)11-1-2-16-12(5-11)9-24-18(16)26/h1-2,5-8,17H,3-4,9-10H2,(H,24,26). The van der Waals surface area contributed by atoms with Crippen LogP contribution in [0.25, 0.3) is 0 Å². The predicted octanol–water partition coefficient (Wildman–Crippen LogP) is 4.17. The fourth-order valence-electron chi connectivity index (χ4n) is 3.29. The van der Waals surface area contributed by atoms with Crippen LogP contribution in [0.2, 0.25) is 0 Å². The fourth-order valence-corrected chi connectivity index (χ4v) is 4.31. The first kappa shape index (κ1) is 19.2. The fraction of sp³-hybridized carbons (Fsp3) is 0.316. The Morgan fingerprint density at radius 1 is 1.18 bits per heavy atom. The second-order valence-corrected chi connectivity index (χ2v) is 7.78. The molecule has 2 aromatic carbocycles. The van der Waals surface area contributed by atoms with Gasteiger partial charge in [0.2, 0.25) is 0 Å². The van der Waals surface area contributed by atoms with E-state index in [2.05, 4.69) is 5.32 Å². The summed E-state index contributed by atoms with van der Waals surface area (Å²) in [5.41, 5.74) is 1.44. The molecule has 2 heterocycles. The molecule has 0 radical (unpaired) electrons. The van der Waals surface area contributed by atoms with Gasteiger partial charge in [0.25, 0.3) is 5.91 Å². The van der Waals surface area contributed by atoms with E-state index >= 15 is 0 Å². The van der Waals surface area contributed by atoms with Crippen molar-refractivity contribution < 1.29 is 27.1 Å². The number of morpholine rings is 1. The Morgan fingerprint density at radius 3 is 2.79 bits per heavy atom. The maximum absolute atomic E-state index is 13.6. The van der Waals surface area contributed by atoms with E-state index in [4.69, 9.17) is 4.74 Å². The topological polar surface area (TPSA) is 41.6 Å². The number of benzene rings is 2. The molecule has 0 spiro atoms. The number of nitrogens with zero attached hydrogens (tertiary/aromatic N) is 1. The number of ether oxygens (including phenoxy) is 1. The van der Waals surface area contributed by atoms with Gasteiger partial charge in [0.1, 0.15) is 5.82 Å². The van der Waals surface area contributed by atoms with Crippen molar-refractivity contribution in [3.8, 4) is 0 Å². The molecule has 4 nitrogen and oxygen atoms in total. The highest BCUT2D eigenvalue weighted by Gasteiger charge is 2.32. The largest absolute Gasteiger partial charge is 0.416 e. The number of fused-ring (bicyclic) bond motifs is 1. The van der Waals surface area contributed by atoms with Gasteiger partial charge in [-0.05, 0) is 47.3 Å². The summed E-state index contributed by atoms with van der Waals surface area (Å²) in [7, 11) is 0. The van der Waals surface area contributed by atoms with Crippen molar-refractivity contribution in [2.24, 2.45) is 0 Å². The van der Waals surface area contributed by atoms with Crippen LogP contribution in [-0.2, 0) is 17.5 Å². The molecule has 1 saturated heterocycles. The van der Waals surface area contributed by atoms with Crippen molar-refractivity contribution in [2.75, 3.05) is 19.7 Å². The lowest BCUT2D eigenvalue weighted by Crippen LogP contribution is -2.33. The number of carbonyl (C=O) groups is 1. The second-order valence-electron chi connectivity index (χ2n) is 6.61. The van der Waals surface area contributed by atoms with Crippen molar-refractivity contribution in [3.05, 3.63) is 64.5 Å². The third-order valence-electron chi connectivity index (χ3n) is 4.65. The van der Waals surface area contributed by atoms with Gasteiger partial charge in [0, 0.05) is 30.1 Å². The van der Waals surface area contributed by atoms with Gasteiger partial charge in [-0.15, -0.1) is 0 Å². The average Bonchev–Trinajstić information content (AvgIpc) is 3.01. The maximum atomic E-state index is 13.6. The van der Waals surface area contributed by atoms with E-state index in [1.54, 1.807) is 6.07 Å². The van der Waals surface area contributed by atoms with Gasteiger partial charge in [-0.3, -0.25) is 4.79 Å². The summed E-state index contributed by atoms with van der Waals surface area (Å²) in [6.07, 6.45) is -4.88. The van der Waals surface area contributed by atoms with E-state index in [1.165, 1.54) is 0 Å². The monoisotopic (exact) mass is 412 g/mol. The highest BCUT2D eigenvalue weighted by molar-refractivity contribution is 7.97. The highest BCUT2D eigenvalue weighted by Crippen LogP contribution is 2.36. The molecular weight excluding hydrogens is 396 g/mol. The van der Waals surface area contributed by atoms with Crippen LogP contribution < -0.4 is 5.32 Å². The van der Waals surface area contributed by atoms with Crippen LogP contribution in [0.5, 0.6) is 0 Å². The lowest BCUT2D eigenvalue weighted by molar-refractivity contribution is -0.137. The van der Waals surface area contributed by atoms with Crippen LogP contribution in [0.15, 0.2) is 41.3 Å². The summed E-state index contributed by atoms with van der Waals surface area (Å²) in [5, 5.41) is 2.76. The van der Waals surface area contributed by atoms with E-state index in [0.29, 0.717) is 37.9 Å². The second kappa shape index (κ2) is 7.38. The number of rotatable bonds is 3. The quantitative estimate of drug-likeness (QED) is 0.607. The molecule has 28 heavy (non-hydrogen) atoms. The summed E-state index contributed by atoms with van der Waals surface area (Å²) in [5.74, 6) is -1.02. The molecule has 148 valence electrons. The van der Waals surface area contributed by atoms with Crippen LogP contribution >= 0.6 is 11.9 Å². The van der Waals surface area contributed by atoms with E-state index < -0.39 is 17.6 Å². The molecular formula is C19H16F4N2O2S. The van der Waals surface area contributed by atoms with Crippen LogP contribution in [-0.4, -0.2) is 29.9 Å². The predicted molar refractivity (Wildman–Crippen MR) is 95.1 cm³/mol. The van der Waals surface area contributed by atoms with Crippen molar-refractivity contribution in [2.45, 2.75) is 23.7 Å². The molecule has 1 atom stereocenters. The van der Waals surface area contributed by atoms with Gasteiger partial charge >= 0.3 is 6.18 Å². The van der Waals surface area contributed by atoms with E-state index in [0.717, 1.165) is 35.2 Å². The van der Waals surface area contributed by atoms with Crippen molar-refractivity contribution in [3.63, 3.8) is 0 Å². The lowest BCUT2D eigenvalue weighted by Gasteiger charge is -2.32. The molecule has 1 fully saturated rings. The van der Waals surface area contributed by atoms with Crippen molar-refractivity contribution in [1.82, 2.24) is 9.62 Å². The first-order valence-corrected chi connectivity index (χ1v) is 9.40. The van der Waals surface area contributed by atoms with Gasteiger partial charge in [-0.25, -0.2) is 8.70 Å². The minimum Gasteiger partial charge on any atom is -0.371 e. The first-order valence-electron chi connectivity index (χ1n) is 8.63. The van der Waals surface area contributed by atoms with Gasteiger partial charge in [-0.2, -0.15) is 13.2 Å². The van der Waals surface area contributed by atoms with Crippen LogP contribution in [0.4, 0.5) is 17.6 Å². The Bertz CT molecular complexity index is 919. The molecule has 9 heteroatoms. The van der Waals surface area contributed by atoms with E-state index in [-0.39, 0.29) is 16.9 Å². The number of carbonyl (C=O) groups excluding carboxylic acids is 1. The van der Waals surface area contributed by atoms with Gasteiger partial charge < -0.3 is 10.1 Å². The molecule has 0 aliphatic carbocycles. The Morgan fingerprint density at radius 2 is 2.00 bits per heavy atom. The van der Waals surface area contributed by atoms with Crippen molar-refractivity contribution >= 4 is 17.9 Å². The average molecular weight is 412 g/mol. The summed E-state index contributed by atoms with van der Waals surface area (Å²) in [4.78, 5) is 11.9. The van der Waals surface area contributed by atoms with Crippen LogP contribution in [0, 0.1) is 5.82 Å². The SMILES string of the molecule is O=C1NCc2cc(C3CN(Sc4cc(F)cc(C(F)(F)F)c4)CCO3)ccc21. The van der Waals surface area contributed by atoms with Crippen LogP contribution in [0.1, 0.15) is 33.2 Å². The highest BCUT2D eigenvalue weighted by atomic mass is 32.2. The molecule has 2 aliphatic rings. The lowest BCUT2D eigenvalue weighted by atomic mass is 10.0. The van der Waals surface area contributed by atoms with Gasteiger partial charge in [0.15, 0.2) is 0 Å². The Balaban J connectivity index is 1.49. The molecule has 4 rings (SSSR count). The van der Waals surface area contributed by atoms with Gasteiger partial charge in [-0.1, -0.05) is 12.1 Å². The Labute approximate surface area is 163 Å². The Hall–Kier alpha value is -2.10. The molecule has 0 saturated carbocycles. The number of halogens is 4. The molecule has 1 N–H and O–H groups in total. The number of hydrogen-bond acceptors (Lipinski definition) is 4. The number of nitrogens with one attached hydrogen (secondary N) is 1. The smallest absolute Gasteiger partial charge is 0.371 e. The normalized spacial score (nSPS) is 20.1. The van der Waals surface area contributed by atoms with E-state index in [9.17, 15) is 22.4 Å². The minimum atomic E-state index is -4.60.